The molecule has 0 fully saturated rings. The molecule has 1 aliphatic heterocycles. The van der Waals surface area contributed by atoms with Crippen molar-refractivity contribution in [2.75, 3.05) is 4.90 Å². The molecule has 2 aromatic rings. The van der Waals surface area contributed by atoms with Gasteiger partial charge in [-0.25, -0.2) is 4.39 Å². The Kier molecular flexibility index (Phi) is 2.81. The zero-order valence-corrected chi connectivity index (χ0v) is 9.88. The quantitative estimate of drug-likeness (QED) is 0.785. The van der Waals surface area contributed by atoms with E-state index in [0.717, 1.165) is 12.1 Å². The number of fused-ring (bicyclic) bond motifs is 1. The fourth-order valence-corrected chi connectivity index (χ4v) is 2.14. The number of nitrogens with zero attached hydrogens (tertiary/aromatic N) is 2. The second-order valence-electron chi connectivity index (χ2n) is 4.34. The summed E-state index contributed by atoms with van der Waals surface area (Å²) in [6, 6.07) is 14.8. The first-order valence-corrected chi connectivity index (χ1v) is 5.92. The summed E-state index contributed by atoms with van der Waals surface area (Å²) in [4.78, 5) is 6.43. The molecule has 0 N–H and O–H groups in total. The number of halogens is 1. The molecule has 2 aromatic carbocycles. The molecular weight excluding hydrogens is 227 g/mol. The molecule has 90 valence electrons. The number of rotatable bonds is 2. The number of aliphatic imine (C=N–C) groups is 1. The van der Waals surface area contributed by atoms with E-state index in [9.17, 15) is 4.39 Å². The van der Waals surface area contributed by atoms with Gasteiger partial charge in [-0.2, -0.15) is 0 Å². The fourth-order valence-electron chi connectivity index (χ4n) is 2.14. The third kappa shape index (κ3) is 2.12. The van der Waals surface area contributed by atoms with Crippen LogP contribution in [0.15, 0.2) is 53.5 Å². The fraction of sp³-hybridized carbons (Fsp3) is 0.133. The van der Waals surface area contributed by atoms with Gasteiger partial charge in [-0.15, -0.1) is 0 Å². The van der Waals surface area contributed by atoms with Crippen LogP contribution in [0.4, 0.5) is 10.1 Å². The number of hydrogen-bond donors (Lipinski definition) is 0. The third-order valence-corrected chi connectivity index (χ3v) is 3.05. The zero-order valence-electron chi connectivity index (χ0n) is 9.88. The largest absolute Gasteiger partial charge is 0.328 e. The molecule has 0 bridgehead atoms. The summed E-state index contributed by atoms with van der Waals surface area (Å²) in [6.45, 7) is 1.44. The Hall–Kier alpha value is -2.16. The summed E-state index contributed by atoms with van der Waals surface area (Å²) in [7, 11) is 0. The van der Waals surface area contributed by atoms with Gasteiger partial charge in [0.15, 0.2) is 0 Å². The Bertz CT molecular complexity index is 575. The highest BCUT2D eigenvalue weighted by atomic mass is 19.1. The molecule has 2 nitrogen and oxygen atoms in total. The Morgan fingerprint density at radius 1 is 1.06 bits per heavy atom. The van der Waals surface area contributed by atoms with E-state index in [0.29, 0.717) is 6.54 Å². The highest BCUT2D eigenvalue weighted by Gasteiger charge is 2.12. The van der Waals surface area contributed by atoms with Gasteiger partial charge in [0.25, 0.3) is 0 Å². The maximum atomic E-state index is 12.9. The van der Waals surface area contributed by atoms with Crippen LogP contribution in [-0.2, 0) is 13.1 Å². The summed E-state index contributed by atoms with van der Waals surface area (Å²) in [5.41, 5.74) is 3.47. The van der Waals surface area contributed by atoms with Crippen molar-refractivity contribution in [3.8, 4) is 0 Å². The van der Waals surface area contributed by atoms with E-state index in [4.69, 9.17) is 0 Å². The first-order chi connectivity index (χ1) is 8.83. The van der Waals surface area contributed by atoms with Gasteiger partial charge >= 0.3 is 0 Å². The van der Waals surface area contributed by atoms with Crippen molar-refractivity contribution < 1.29 is 4.39 Å². The molecule has 0 spiro atoms. The standard InChI is InChI=1S/C15H13FN2/c16-14-7-5-12(6-8-14)10-18-11-17-9-13-3-1-2-4-15(13)18/h1-8,11H,9-10H2. The van der Waals surface area contributed by atoms with Gasteiger partial charge in [0, 0.05) is 12.2 Å². The van der Waals surface area contributed by atoms with E-state index < -0.39 is 0 Å². The predicted octanol–water partition coefficient (Wildman–Crippen LogP) is 3.37. The maximum absolute atomic E-state index is 12.9. The van der Waals surface area contributed by atoms with Gasteiger partial charge in [-0.1, -0.05) is 30.3 Å². The minimum Gasteiger partial charge on any atom is -0.328 e. The Morgan fingerprint density at radius 2 is 1.83 bits per heavy atom. The highest BCUT2D eigenvalue weighted by Crippen LogP contribution is 2.24. The topological polar surface area (TPSA) is 15.6 Å². The lowest BCUT2D eigenvalue weighted by Crippen LogP contribution is -2.24. The Labute approximate surface area is 105 Å². The number of para-hydroxylation sites is 1. The van der Waals surface area contributed by atoms with E-state index in [1.807, 2.05) is 18.5 Å². The van der Waals surface area contributed by atoms with Crippen LogP contribution in [0, 0.1) is 5.82 Å². The minimum atomic E-state index is -0.202. The van der Waals surface area contributed by atoms with Gasteiger partial charge in [0.1, 0.15) is 5.82 Å². The average Bonchev–Trinajstić information content (AvgIpc) is 2.42. The summed E-state index contributed by atoms with van der Waals surface area (Å²) in [5, 5.41) is 0. The van der Waals surface area contributed by atoms with E-state index in [1.54, 1.807) is 12.1 Å². The molecule has 3 rings (SSSR count). The molecule has 0 saturated heterocycles. The average molecular weight is 240 g/mol. The molecule has 0 saturated carbocycles. The molecular formula is C15H13FN2. The van der Waals surface area contributed by atoms with Crippen molar-refractivity contribution in [3.63, 3.8) is 0 Å². The van der Waals surface area contributed by atoms with Crippen LogP contribution in [0.5, 0.6) is 0 Å². The minimum absolute atomic E-state index is 0.202. The van der Waals surface area contributed by atoms with Gasteiger partial charge in [-0.3, -0.25) is 4.99 Å². The van der Waals surface area contributed by atoms with E-state index >= 15 is 0 Å². The first kappa shape index (κ1) is 11.0. The molecule has 3 heteroatoms. The van der Waals surface area contributed by atoms with Crippen LogP contribution in [0.2, 0.25) is 0 Å². The van der Waals surface area contributed by atoms with Gasteiger partial charge in [-0.05, 0) is 29.3 Å². The second kappa shape index (κ2) is 4.61. The molecule has 0 aliphatic carbocycles. The van der Waals surface area contributed by atoms with E-state index in [-0.39, 0.29) is 5.82 Å². The second-order valence-corrected chi connectivity index (χ2v) is 4.34. The van der Waals surface area contributed by atoms with Crippen LogP contribution < -0.4 is 4.90 Å². The van der Waals surface area contributed by atoms with Crippen molar-refractivity contribution in [1.29, 1.82) is 0 Å². The molecule has 1 heterocycles. The Morgan fingerprint density at radius 3 is 2.67 bits per heavy atom. The first-order valence-electron chi connectivity index (χ1n) is 5.92. The van der Waals surface area contributed by atoms with Gasteiger partial charge in [0.05, 0.1) is 12.9 Å². The molecule has 0 amide bonds. The molecule has 0 radical (unpaired) electrons. The van der Waals surface area contributed by atoms with Crippen molar-refractivity contribution in [3.05, 3.63) is 65.5 Å². The van der Waals surface area contributed by atoms with Crippen LogP contribution in [0.3, 0.4) is 0 Å². The summed E-state index contributed by atoms with van der Waals surface area (Å²) < 4.78 is 12.9. The third-order valence-electron chi connectivity index (χ3n) is 3.05. The van der Waals surface area contributed by atoms with E-state index in [1.165, 1.54) is 23.4 Å². The summed E-state index contributed by atoms with van der Waals surface area (Å²) in [6.07, 6.45) is 1.85. The zero-order chi connectivity index (χ0) is 12.4. The highest BCUT2D eigenvalue weighted by molar-refractivity contribution is 5.82. The monoisotopic (exact) mass is 240 g/mol. The van der Waals surface area contributed by atoms with Crippen molar-refractivity contribution in [1.82, 2.24) is 0 Å². The molecule has 0 aromatic heterocycles. The van der Waals surface area contributed by atoms with Gasteiger partial charge < -0.3 is 4.90 Å². The molecule has 18 heavy (non-hydrogen) atoms. The maximum Gasteiger partial charge on any atom is 0.123 e. The van der Waals surface area contributed by atoms with Crippen LogP contribution in [0.25, 0.3) is 0 Å². The smallest absolute Gasteiger partial charge is 0.123 e. The van der Waals surface area contributed by atoms with Crippen LogP contribution in [0.1, 0.15) is 11.1 Å². The lowest BCUT2D eigenvalue weighted by molar-refractivity contribution is 0.627. The summed E-state index contributed by atoms with van der Waals surface area (Å²) >= 11 is 0. The normalized spacial score (nSPS) is 13.5. The predicted molar refractivity (Wildman–Crippen MR) is 71.2 cm³/mol. The number of benzene rings is 2. The number of anilines is 1. The van der Waals surface area contributed by atoms with Crippen molar-refractivity contribution in [2.24, 2.45) is 4.99 Å². The molecule has 0 atom stereocenters. The lowest BCUT2D eigenvalue weighted by Gasteiger charge is -2.25. The summed E-state index contributed by atoms with van der Waals surface area (Å²) in [5.74, 6) is -0.202. The number of hydrogen-bond acceptors (Lipinski definition) is 2. The van der Waals surface area contributed by atoms with E-state index in [2.05, 4.69) is 22.0 Å². The lowest BCUT2D eigenvalue weighted by atomic mass is 10.1. The van der Waals surface area contributed by atoms with Crippen molar-refractivity contribution in [2.45, 2.75) is 13.1 Å². The molecule has 0 unspecified atom stereocenters. The van der Waals surface area contributed by atoms with Crippen molar-refractivity contribution >= 4 is 12.0 Å². The Balaban J connectivity index is 1.87. The molecule has 1 aliphatic rings. The van der Waals surface area contributed by atoms with Crippen LogP contribution in [-0.4, -0.2) is 6.34 Å². The SMILES string of the molecule is Fc1ccc(CN2C=NCc3ccccc32)cc1. The van der Waals surface area contributed by atoms with Crippen LogP contribution >= 0.6 is 0 Å². The van der Waals surface area contributed by atoms with Gasteiger partial charge in [0.2, 0.25) is 0 Å².